The van der Waals surface area contributed by atoms with Crippen molar-refractivity contribution in [3.05, 3.63) is 72.1 Å². The summed E-state index contributed by atoms with van der Waals surface area (Å²) in [6, 6.07) is 16.2. The fourth-order valence-electron chi connectivity index (χ4n) is 5.08. The molecule has 0 radical (unpaired) electrons. The first-order valence-corrected chi connectivity index (χ1v) is 11.5. The van der Waals surface area contributed by atoms with Gasteiger partial charge in [-0.25, -0.2) is 9.59 Å². The third-order valence-electron chi connectivity index (χ3n) is 6.92. The summed E-state index contributed by atoms with van der Waals surface area (Å²) >= 11 is 0. The smallest absolute Gasteiger partial charge is 0.411 e. The van der Waals surface area contributed by atoms with Crippen LogP contribution in [0, 0.1) is 0 Å². The van der Waals surface area contributed by atoms with Crippen LogP contribution in [0.3, 0.4) is 0 Å². The summed E-state index contributed by atoms with van der Waals surface area (Å²) in [5.74, 6) is -1.39. The number of carbonyl (C=O) groups excluding carboxylic acids is 2. The third-order valence-corrected chi connectivity index (χ3v) is 6.92. The molecule has 2 aromatic carbocycles. The molecule has 35 heavy (non-hydrogen) atoms. The summed E-state index contributed by atoms with van der Waals surface area (Å²) in [6.45, 7) is 2.03. The molecule has 1 fully saturated rings. The van der Waals surface area contributed by atoms with E-state index in [1.165, 1.54) is 22.0 Å². The molecule has 180 valence electrons. The second kappa shape index (κ2) is 8.90. The molecule has 2 aliphatic rings. The quantitative estimate of drug-likeness (QED) is 0.563. The Morgan fingerprint density at radius 1 is 1.11 bits per heavy atom. The second-order valence-electron chi connectivity index (χ2n) is 9.11. The minimum atomic E-state index is -1.20. The number of rotatable bonds is 6. The summed E-state index contributed by atoms with van der Waals surface area (Å²) in [5.41, 5.74) is 3.75. The van der Waals surface area contributed by atoms with Crippen LogP contribution in [-0.4, -0.2) is 56.4 Å². The lowest BCUT2D eigenvalue weighted by Crippen LogP contribution is -2.51. The Labute approximate surface area is 202 Å². The lowest BCUT2D eigenvalue weighted by molar-refractivity contribution is -0.155. The predicted octanol–water partition coefficient (Wildman–Crippen LogP) is 3.71. The topological polar surface area (TPSA) is 114 Å². The molecule has 2 heterocycles. The average molecular weight is 475 g/mol. The number of hydrogen-bond donors (Lipinski definition) is 2. The molecule has 9 heteroatoms. The number of fused-ring (bicyclic) bond motifs is 3. The van der Waals surface area contributed by atoms with Gasteiger partial charge in [-0.15, -0.1) is 0 Å². The van der Waals surface area contributed by atoms with Gasteiger partial charge in [0.25, 0.3) is 0 Å². The molecular weight excluding hydrogens is 448 g/mol. The maximum Gasteiger partial charge on any atom is 0.411 e. The van der Waals surface area contributed by atoms with Crippen molar-refractivity contribution in [2.24, 2.45) is 0 Å². The van der Waals surface area contributed by atoms with Crippen molar-refractivity contribution in [1.82, 2.24) is 14.7 Å². The molecule has 5 rings (SSSR count). The van der Waals surface area contributed by atoms with Gasteiger partial charge in [0.2, 0.25) is 5.91 Å². The van der Waals surface area contributed by atoms with Crippen molar-refractivity contribution in [3.8, 4) is 11.1 Å². The van der Waals surface area contributed by atoms with E-state index in [2.05, 4.69) is 34.7 Å². The normalized spacial score (nSPS) is 18.7. The predicted molar refractivity (Wildman–Crippen MR) is 128 cm³/mol. The summed E-state index contributed by atoms with van der Waals surface area (Å²) < 4.78 is 6.92. The summed E-state index contributed by atoms with van der Waals surface area (Å²) in [4.78, 5) is 38.2. The summed E-state index contributed by atoms with van der Waals surface area (Å²) in [6.07, 6.45) is 3.39. The van der Waals surface area contributed by atoms with E-state index < -0.39 is 17.6 Å². The van der Waals surface area contributed by atoms with Gasteiger partial charge in [-0.05, 0) is 42.0 Å². The van der Waals surface area contributed by atoms with Gasteiger partial charge in [0.15, 0.2) is 0 Å². The molecular formula is C26H26N4O5. The Kier molecular flexibility index (Phi) is 5.76. The first kappa shape index (κ1) is 22.6. The van der Waals surface area contributed by atoms with E-state index in [9.17, 15) is 19.5 Å². The number of benzene rings is 2. The maximum absolute atomic E-state index is 12.7. The highest BCUT2D eigenvalue weighted by Crippen LogP contribution is 2.44. The fraction of sp³-hybridized carbons (Fsp3) is 0.308. The van der Waals surface area contributed by atoms with Crippen LogP contribution in [0.1, 0.15) is 36.8 Å². The van der Waals surface area contributed by atoms with Crippen molar-refractivity contribution >= 4 is 23.7 Å². The highest BCUT2D eigenvalue weighted by Gasteiger charge is 2.45. The minimum absolute atomic E-state index is 0.0440. The highest BCUT2D eigenvalue weighted by atomic mass is 16.5. The zero-order valence-electron chi connectivity index (χ0n) is 19.3. The Morgan fingerprint density at radius 3 is 2.43 bits per heavy atom. The molecule has 1 aliphatic heterocycles. The van der Waals surface area contributed by atoms with E-state index in [4.69, 9.17) is 4.74 Å². The van der Waals surface area contributed by atoms with Crippen LogP contribution >= 0.6 is 0 Å². The lowest BCUT2D eigenvalue weighted by Gasteiger charge is -2.31. The molecule has 2 N–H and O–H groups in total. The maximum atomic E-state index is 12.7. The summed E-state index contributed by atoms with van der Waals surface area (Å²) in [7, 11) is 0. The standard InChI is InChI=1S/C26H26N4O5/c1-26(24(32)33)11-6-12-30(26)23(31)15-29-14-17(13-27-29)28-25(34)35-16-22-20-9-4-2-7-18(20)19-8-3-5-10-21(19)22/h2-5,7-10,13-14,22H,6,11-12,15-16H2,1H3,(H,28,34)(H,32,33)/t26-/m0/s1. The van der Waals surface area contributed by atoms with Gasteiger partial charge in [-0.1, -0.05) is 48.5 Å². The van der Waals surface area contributed by atoms with Gasteiger partial charge in [-0.2, -0.15) is 5.10 Å². The molecule has 1 aromatic heterocycles. The minimum Gasteiger partial charge on any atom is -0.480 e. The Hall–Kier alpha value is -4.14. The molecule has 1 saturated heterocycles. The molecule has 3 aromatic rings. The van der Waals surface area contributed by atoms with Gasteiger partial charge in [0.1, 0.15) is 18.7 Å². The van der Waals surface area contributed by atoms with E-state index >= 15 is 0 Å². The second-order valence-corrected chi connectivity index (χ2v) is 9.11. The number of anilines is 1. The van der Waals surface area contributed by atoms with Gasteiger partial charge in [0, 0.05) is 18.7 Å². The molecule has 0 bridgehead atoms. The van der Waals surface area contributed by atoms with Crippen molar-refractivity contribution in [1.29, 1.82) is 0 Å². The van der Waals surface area contributed by atoms with E-state index in [0.717, 1.165) is 22.3 Å². The van der Waals surface area contributed by atoms with Gasteiger partial charge in [0.05, 0.1) is 11.9 Å². The number of amides is 2. The number of hydrogen-bond acceptors (Lipinski definition) is 5. The number of carboxylic acids is 1. The Balaban J connectivity index is 1.19. The largest absolute Gasteiger partial charge is 0.480 e. The molecule has 0 unspecified atom stereocenters. The molecule has 0 spiro atoms. The fourth-order valence-corrected chi connectivity index (χ4v) is 5.08. The van der Waals surface area contributed by atoms with Crippen molar-refractivity contribution < 1.29 is 24.2 Å². The van der Waals surface area contributed by atoms with E-state index in [-0.39, 0.29) is 25.0 Å². The average Bonchev–Trinajstić information content (AvgIpc) is 3.54. The van der Waals surface area contributed by atoms with Crippen LogP contribution in [0.4, 0.5) is 10.5 Å². The van der Waals surface area contributed by atoms with Crippen molar-refractivity contribution in [3.63, 3.8) is 0 Å². The van der Waals surface area contributed by atoms with E-state index in [0.29, 0.717) is 25.1 Å². The zero-order chi connectivity index (χ0) is 24.6. The monoisotopic (exact) mass is 474 g/mol. The Morgan fingerprint density at radius 2 is 1.77 bits per heavy atom. The first-order chi connectivity index (χ1) is 16.9. The third kappa shape index (κ3) is 4.14. The number of carboxylic acid groups (broad SMARTS) is 1. The lowest BCUT2D eigenvalue weighted by atomic mass is 9.98. The van der Waals surface area contributed by atoms with Gasteiger partial charge >= 0.3 is 12.1 Å². The number of ether oxygens (including phenoxy) is 1. The van der Waals surface area contributed by atoms with Crippen LogP contribution in [0.15, 0.2) is 60.9 Å². The number of nitrogens with one attached hydrogen (secondary N) is 1. The van der Waals surface area contributed by atoms with Crippen LogP contribution in [0.2, 0.25) is 0 Å². The number of aliphatic carboxylic acids is 1. The SMILES string of the molecule is C[C@@]1(C(=O)O)CCCN1C(=O)Cn1cc(NC(=O)OCC2c3ccccc3-c3ccccc32)cn1. The molecule has 2 amide bonds. The van der Waals surface area contributed by atoms with Crippen LogP contribution in [0.25, 0.3) is 11.1 Å². The summed E-state index contributed by atoms with van der Waals surface area (Å²) in [5, 5.41) is 16.3. The number of carbonyl (C=O) groups is 3. The molecule has 1 atom stereocenters. The zero-order valence-corrected chi connectivity index (χ0v) is 19.3. The van der Waals surface area contributed by atoms with E-state index in [1.807, 2.05) is 24.3 Å². The van der Waals surface area contributed by atoms with Crippen molar-refractivity contribution in [2.75, 3.05) is 18.5 Å². The molecule has 1 aliphatic carbocycles. The number of likely N-dealkylation sites (tertiary alicyclic amines) is 1. The number of aromatic nitrogens is 2. The van der Waals surface area contributed by atoms with Gasteiger partial charge in [-0.3, -0.25) is 14.8 Å². The van der Waals surface area contributed by atoms with Crippen LogP contribution in [0.5, 0.6) is 0 Å². The molecule has 9 nitrogen and oxygen atoms in total. The van der Waals surface area contributed by atoms with Crippen molar-refractivity contribution in [2.45, 2.75) is 37.8 Å². The van der Waals surface area contributed by atoms with Crippen LogP contribution < -0.4 is 5.32 Å². The molecule has 0 saturated carbocycles. The van der Waals surface area contributed by atoms with E-state index in [1.54, 1.807) is 6.92 Å². The Bertz CT molecular complexity index is 1260. The number of nitrogens with zero attached hydrogens (tertiary/aromatic N) is 3. The highest BCUT2D eigenvalue weighted by molar-refractivity contribution is 5.88. The van der Waals surface area contributed by atoms with Gasteiger partial charge < -0.3 is 14.7 Å². The first-order valence-electron chi connectivity index (χ1n) is 11.5. The van der Waals surface area contributed by atoms with Crippen LogP contribution in [-0.2, 0) is 20.9 Å².